The monoisotopic (exact) mass is 348 g/mol. The van der Waals surface area contributed by atoms with E-state index in [1.165, 1.54) is 0 Å². The lowest BCUT2D eigenvalue weighted by Gasteiger charge is -2.32. The van der Waals surface area contributed by atoms with Crippen LogP contribution in [0.2, 0.25) is 5.02 Å². The van der Waals surface area contributed by atoms with Gasteiger partial charge in [0.25, 0.3) is 5.91 Å². The normalized spacial score (nSPS) is 16.8. The smallest absolute Gasteiger partial charge is 0.269 e. The third-order valence-corrected chi connectivity index (χ3v) is 4.53. The second-order valence-corrected chi connectivity index (χ2v) is 6.26. The molecule has 1 saturated heterocycles. The van der Waals surface area contributed by atoms with Crippen LogP contribution in [0.5, 0.6) is 0 Å². The van der Waals surface area contributed by atoms with Crippen LogP contribution >= 0.6 is 11.6 Å². The summed E-state index contributed by atoms with van der Waals surface area (Å²) < 4.78 is 5.35. The number of amides is 1. The van der Waals surface area contributed by atoms with Crippen molar-refractivity contribution in [1.82, 2.24) is 20.4 Å². The van der Waals surface area contributed by atoms with Gasteiger partial charge in [0.05, 0.1) is 23.9 Å². The van der Waals surface area contributed by atoms with Crippen molar-refractivity contribution in [3.63, 3.8) is 0 Å². The first-order valence-electron chi connectivity index (χ1n) is 8.05. The van der Waals surface area contributed by atoms with Crippen molar-refractivity contribution in [2.45, 2.75) is 13.0 Å². The number of H-pyrrole nitrogens is 1. The van der Waals surface area contributed by atoms with E-state index in [0.717, 1.165) is 31.9 Å². The molecule has 1 aromatic carbocycles. The molecule has 1 amide bonds. The number of carbonyl (C=O) groups is 1. The van der Waals surface area contributed by atoms with Gasteiger partial charge in [-0.3, -0.25) is 14.8 Å². The van der Waals surface area contributed by atoms with Crippen LogP contribution in [-0.4, -0.2) is 59.9 Å². The predicted molar refractivity (Wildman–Crippen MR) is 93.2 cm³/mol. The molecule has 0 bridgehead atoms. The fourth-order valence-electron chi connectivity index (χ4n) is 2.73. The van der Waals surface area contributed by atoms with Crippen molar-refractivity contribution in [2.24, 2.45) is 0 Å². The van der Waals surface area contributed by atoms with Gasteiger partial charge in [-0.25, -0.2) is 0 Å². The Balaban J connectivity index is 1.59. The minimum Gasteiger partial charge on any atom is -0.379 e. The number of aromatic amines is 1. The lowest BCUT2D eigenvalue weighted by Crippen LogP contribution is -2.47. The summed E-state index contributed by atoms with van der Waals surface area (Å²) in [5, 5.41) is 10.5. The largest absolute Gasteiger partial charge is 0.379 e. The van der Waals surface area contributed by atoms with Gasteiger partial charge in [0, 0.05) is 31.2 Å². The molecule has 1 aliphatic heterocycles. The van der Waals surface area contributed by atoms with Gasteiger partial charge in [-0.15, -0.1) is 0 Å². The van der Waals surface area contributed by atoms with Crippen LogP contribution in [0.3, 0.4) is 0 Å². The molecule has 0 radical (unpaired) electrons. The maximum atomic E-state index is 12.3. The molecule has 1 fully saturated rings. The van der Waals surface area contributed by atoms with E-state index in [9.17, 15) is 4.79 Å². The van der Waals surface area contributed by atoms with E-state index in [1.807, 2.05) is 18.2 Å². The third kappa shape index (κ3) is 3.95. The Kier molecular flexibility index (Phi) is 5.50. The number of hydrogen-bond acceptors (Lipinski definition) is 4. The SMILES string of the molecule is C[C@@H](CNC(=O)c1cc(-c2ccccc2Cl)n[nH]1)N1CCOCC1. The average molecular weight is 349 g/mol. The van der Waals surface area contributed by atoms with E-state index in [2.05, 4.69) is 27.3 Å². The van der Waals surface area contributed by atoms with Gasteiger partial charge < -0.3 is 10.1 Å². The lowest BCUT2D eigenvalue weighted by atomic mass is 10.1. The first kappa shape index (κ1) is 17.0. The minimum absolute atomic E-state index is 0.166. The highest BCUT2D eigenvalue weighted by molar-refractivity contribution is 6.33. The second-order valence-electron chi connectivity index (χ2n) is 5.85. The zero-order valence-corrected chi connectivity index (χ0v) is 14.3. The van der Waals surface area contributed by atoms with Crippen LogP contribution in [-0.2, 0) is 4.74 Å². The first-order valence-corrected chi connectivity index (χ1v) is 8.43. The van der Waals surface area contributed by atoms with Crippen LogP contribution < -0.4 is 5.32 Å². The number of ether oxygens (including phenoxy) is 1. The summed E-state index contributed by atoms with van der Waals surface area (Å²) in [5.41, 5.74) is 1.89. The van der Waals surface area contributed by atoms with Gasteiger partial charge in [-0.05, 0) is 19.1 Å². The fourth-order valence-corrected chi connectivity index (χ4v) is 2.96. The van der Waals surface area contributed by atoms with E-state index in [-0.39, 0.29) is 11.9 Å². The summed E-state index contributed by atoms with van der Waals surface area (Å²) in [6.07, 6.45) is 0. The molecule has 6 nitrogen and oxygen atoms in total. The number of carbonyl (C=O) groups excluding carboxylic acids is 1. The molecule has 2 heterocycles. The third-order valence-electron chi connectivity index (χ3n) is 4.20. The number of halogens is 1. The molecule has 1 aromatic heterocycles. The number of morpholine rings is 1. The van der Waals surface area contributed by atoms with Crippen molar-refractivity contribution < 1.29 is 9.53 Å². The van der Waals surface area contributed by atoms with Gasteiger partial charge in [0.1, 0.15) is 5.69 Å². The standard InChI is InChI=1S/C17H21ClN4O2/c1-12(22-6-8-24-9-7-22)11-19-17(23)16-10-15(20-21-16)13-4-2-3-5-14(13)18/h2-5,10,12H,6-9,11H2,1H3,(H,19,23)(H,20,21)/t12-/m0/s1. The molecular formula is C17H21ClN4O2. The molecule has 2 aromatic rings. The van der Waals surface area contributed by atoms with E-state index in [4.69, 9.17) is 16.3 Å². The molecule has 1 aliphatic rings. The number of aromatic nitrogens is 2. The average Bonchev–Trinajstić information content (AvgIpc) is 3.10. The van der Waals surface area contributed by atoms with Gasteiger partial charge >= 0.3 is 0 Å². The number of nitrogens with zero attached hydrogens (tertiary/aromatic N) is 2. The maximum absolute atomic E-state index is 12.3. The van der Waals surface area contributed by atoms with Crippen molar-refractivity contribution in [3.8, 4) is 11.3 Å². The molecule has 0 saturated carbocycles. The van der Waals surface area contributed by atoms with Crippen LogP contribution in [0, 0.1) is 0 Å². The molecule has 0 aliphatic carbocycles. The fraction of sp³-hybridized carbons (Fsp3) is 0.412. The van der Waals surface area contributed by atoms with E-state index in [0.29, 0.717) is 23.0 Å². The zero-order chi connectivity index (χ0) is 16.9. The van der Waals surface area contributed by atoms with Crippen LogP contribution in [0.1, 0.15) is 17.4 Å². The van der Waals surface area contributed by atoms with Crippen molar-refractivity contribution in [1.29, 1.82) is 0 Å². The molecule has 2 N–H and O–H groups in total. The van der Waals surface area contributed by atoms with Gasteiger partial charge in [0.2, 0.25) is 0 Å². The van der Waals surface area contributed by atoms with Gasteiger partial charge in [0.15, 0.2) is 0 Å². The van der Waals surface area contributed by atoms with E-state index < -0.39 is 0 Å². The van der Waals surface area contributed by atoms with E-state index in [1.54, 1.807) is 12.1 Å². The van der Waals surface area contributed by atoms with Crippen LogP contribution in [0.4, 0.5) is 0 Å². The van der Waals surface area contributed by atoms with Gasteiger partial charge in [-0.2, -0.15) is 5.10 Å². The Morgan fingerprint density at radius 1 is 1.42 bits per heavy atom. The van der Waals surface area contributed by atoms with Crippen LogP contribution in [0.15, 0.2) is 30.3 Å². The highest BCUT2D eigenvalue weighted by atomic mass is 35.5. The summed E-state index contributed by atoms with van der Waals surface area (Å²) >= 11 is 6.17. The Labute approximate surface area is 146 Å². The molecule has 24 heavy (non-hydrogen) atoms. The quantitative estimate of drug-likeness (QED) is 0.869. The molecule has 7 heteroatoms. The van der Waals surface area contributed by atoms with Crippen molar-refractivity contribution in [2.75, 3.05) is 32.8 Å². The first-order chi connectivity index (χ1) is 11.6. The highest BCUT2D eigenvalue weighted by Crippen LogP contribution is 2.26. The number of benzene rings is 1. The van der Waals surface area contributed by atoms with Crippen molar-refractivity contribution >= 4 is 17.5 Å². The molecular weight excluding hydrogens is 328 g/mol. The number of nitrogens with one attached hydrogen (secondary N) is 2. The zero-order valence-electron chi connectivity index (χ0n) is 13.6. The number of hydrogen-bond donors (Lipinski definition) is 2. The Morgan fingerprint density at radius 2 is 2.17 bits per heavy atom. The number of rotatable bonds is 5. The summed E-state index contributed by atoms with van der Waals surface area (Å²) in [4.78, 5) is 14.6. The summed E-state index contributed by atoms with van der Waals surface area (Å²) in [6.45, 7) is 5.99. The minimum atomic E-state index is -0.166. The highest BCUT2D eigenvalue weighted by Gasteiger charge is 2.18. The molecule has 128 valence electrons. The topological polar surface area (TPSA) is 70.2 Å². The van der Waals surface area contributed by atoms with Crippen molar-refractivity contribution in [3.05, 3.63) is 41.0 Å². The molecule has 0 unspecified atom stereocenters. The Hall–Kier alpha value is -1.89. The Bertz CT molecular complexity index is 697. The van der Waals surface area contributed by atoms with Crippen LogP contribution in [0.25, 0.3) is 11.3 Å². The molecule has 3 rings (SSSR count). The summed E-state index contributed by atoms with van der Waals surface area (Å²) in [7, 11) is 0. The predicted octanol–water partition coefficient (Wildman–Crippen LogP) is 2.18. The molecule has 1 atom stereocenters. The summed E-state index contributed by atoms with van der Waals surface area (Å²) in [5.74, 6) is -0.166. The lowest BCUT2D eigenvalue weighted by molar-refractivity contribution is 0.0204. The second kappa shape index (κ2) is 7.79. The Morgan fingerprint density at radius 3 is 2.92 bits per heavy atom. The summed E-state index contributed by atoms with van der Waals surface area (Å²) in [6, 6.07) is 9.41. The van der Waals surface area contributed by atoms with Gasteiger partial charge in [-0.1, -0.05) is 29.8 Å². The van der Waals surface area contributed by atoms with E-state index >= 15 is 0 Å². The molecule has 0 spiro atoms. The maximum Gasteiger partial charge on any atom is 0.269 e.